The van der Waals surface area contributed by atoms with Gasteiger partial charge in [0.2, 0.25) is 10.0 Å². The monoisotopic (exact) mass is 414 g/mol. The van der Waals surface area contributed by atoms with Crippen LogP contribution in [0, 0.1) is 0 Å². The van der Waals surface area contributed by atoms with Crippen molar-refractivity contribution in [3.8, 4) is 5.75 Å². The Morgan fingerprint density at radius 2 is 1.82 bits per heavy atom. The Kier molecular flexibility index (Phi) is 7.26. The number of nitrogens with one attached hydrogen (secondary N) is 1. The minimum atomic E-state index is -3.90. The summed E-state index contributed by atoms with van der Waals surface area (Å²) in [6, 6.07) is 2.47. The molecule has 0 aromatic heterocycles. The first-order chi connectivity index (χ1) is 10.2. The fourth-order valence-electron chi connectivity index (χ4n) is 1.92. The molecule has 0 aliphatic rings. The standard InChI is InChI=1S/C12H19BrN2O5S2/c1-3-5-15(6-4-2)22(19,20)11-8-9(14-21(17)18)7-10(13)12(11)16/h7-8,14,16H,3-6H2,1-2H3,(H,17,18). The van der Waals surface area contributed by atoms with Crippen molar-refractivity contribution >= 4 is 42.9 Å². The molecule has 0 bridgehead atoms. The lowest BCUT2D eigenvalue weighted by Crippen LogP contribution is -2.32. The zero-order chi connectivity index (χ0) is 16.9. The Balaban J connectivity index is 3.38. The highest BCUT2D eigenvalue weighted by Crippen LogP contribution is 2.36. The SMILES string of the molecule is CCCN(CCC)S(=O)(=O)c1cc(NS(=O)O)cc(Br)c1O. The molecular formula is C12H19BrN2O5S2. The van der Waals surface area contributed by atoms with Crippen molar-refractivity contribution in [3.05, 3.63) is 16.6 Å². The first-order valence-corrected chi connectivity index (χ1v) is 9.98. The van der Waals surface area contributed by atoms with Crippen LogP contribution in [-0.4, -0.2) is 39.7 Å². The van der Waals surface area contributed by atoms with Crippen LogP contribution in [0.5, 0.6) is 5.75 Å². The number of hydrogen-bond donors (Lipinski definition) is 3. The summed E-state index contributed by atoms with van der Waals surface area (Å²) in [5.74, 6) is -0.425. The maximum atomic E-state index is 12.7. The number of phenols is 1. The van der Waals surface area contributed by atoms with E-state index in [-0.39, 0.29) is 15.1 Å². The van der Waals surface area contributed by atoms with Gasteiger partial charge in [-0.25, -0.2) is 12.6 Å². The Morgan fingerprint density at radius 3 is 2.27 bits per heavy atom. The molecule has 0 radical (unpaired) electrons. The lowest BCUT2D eigenvalue weighted by Gasteiger charge is -2.22. The predicted octanol–water partition coefficient (Wildman–Crippen LogP) is 2.51. The molecule has 1 unspecified atom stereocenters. The predicted molar refractivity (Wildman–Crippen MR) is 89.5 cm³/mol. The molecule has 0 heterocycles. The Labute approximate surface area is 141 Å². The van der Waals surface area contributed by atoms with Crippen LogP contribution < -0.4 is 4.72 Å². The highest BCUT2D eigenvalue weighted by Gasteiger charge is 2.28. The third kappa shape index (κ3) is 4.66. The van der Waals surface area contributed by atoms with Crippen LogP contribution in [0.3, 0.4) is 0 Å². The summed E-state index contributed by atoms with van der Waals surface area (Å²) < 4.78 is 48.7. The molecule has 1 aromatic carbocycles. The van der Waals surface area contributed by atoms with Crippen LogP contribution in [-0.2, 0) is 21.3 Å². The summed E-state index contributed by atoms with van der Waals surface area (Å²) in [7, 11) is -3.90. The summed E-state index contributed by atoms with van der Waals surface area (Å²) >= 11 is 0.708. The van der Waals surface area contributed by atoms with Crippen LogP contribution >= 0.6 is 15.9 Å². The van der Waals surface area contributed by atoms with Crippen molar-refractivity contribution in [3.63, 3.8) is 0 Å². The number of halogens is 1. The Morgan fingerprint density at radius 1 is 1.27 bits per heavy atom. The van der Waals surface area contributed by atoms with Gasteiger partial charge in [0.1, 0.15) is 10.6 Å². The molecule has 3 N–H and O–H groups in total. The molecule has 7 nitrogen and oxygen atoms in total. The Bertz CT molecular complexity index is 645. The molecule has 1 atom stereocenters. The molecular weight excluding hydrogens is 396 g/mol. The second kappa shape index (κ2) is 8.25. The molecule has 0 aliphatic carbocycles. The van der Waals surface area contributed by atoms with Crippen molar-refractivity contribution in [2.24, 2.45) is 0 Å². The molecule has 22 heavy (non-hydrogen) atoms. The molecule has 0 saturated heterocycles. The number of benzene rings is 1. The van der Waals surface area contributed by atoms with Crippen LogP contribution in [0.2, 0.25) is 0 Å². The second-order valence-electron chi connectivity index (χ2n) is 4.56. The van der Waals surface area contributed by atoms with Gasteiger partial charge in [-0.05, 0) is 40.9 Å². The van der Waals surface area contributed by atoms with Gasteiger partial charge in [0.05, 0.1) is 10.2 Å². The first kappa shape index (κ1) is 19.4. The van der Waals surface area contributed by atoms with E-state index in [2.05, 4.69) is 20.7 Å². The summed E-state index contributed by atoms with van der Waals surface area (Å²) in [4.78, 5) is -0.309. The molecule has 0 spiro atoms. The van der Waals surface area contributed by atoms with E-state index in [4.69, 9.17) is 4.55 Å². The minimum Gasteiger partial charge on any atom is -0.505 e. The van der Waals surface area contributed by atoms with Crippen molar-refractivity contribution < 1.29 is 22.3 Å². The van der Waals surface area contributed by atoms with Crippen molar-refractivity contribution in [2.45, 2.75) is 31.6 Å². The zero-order valence-electron chi connectivity index (χ0n) is 12.2. The molecule has 1 aromatic rings. The van der Waals surface area contributed by atoms with Gasteiger partial charge in [-0.2, -0.15) is 4.31 Å². The molecule has 0 aliphatic heterocycles. The van der Waals surface area contributed by atoms with Crippen molar-refractivity contribution in [1.82, 2.24) is 4.31 Å². The van der Waals surface area contributed by atoms with E-state index in [1.807, 2.05) is 13.8 Å². The average molecular weight is 415 g/mol. The molecule has 1 rings (SSSR count). The van der Waals surface area contributed by atoms with Gasteiger partial charge in [0, 0.05) is 13.1 Å². The lowest BCUT2D eigenvalue weighted by molar-refractivity contribution is 0.402. The average Bonchev–Trinajstić information content (AvgIpc) is 2.41. The molecule has 0 saturated carbocycles. The molecule has 0 amide bonds. The summed E-state index contributed by atoms with van der Waals surface area (Å²) in [5, 5.41) is 10.1. The van der Waals surface area contributed by atoms with E-state index in [1.54, 1.807) is 0 Å². The number of sulfonamides is 1. The van der Waals surface area contributed by atoms with Gasteiger partial charge >= 0.3 is 0 Å². The van der Waals surface area contributed by atoms with Gasteiger partial charge in [-0.3, -0.25) is 9.27 Å². The Hall–Kier alpha value is -0.680. The summed E-state index contributed by atoms with van der Waals surface area (Å²) in [6.45, 7) is 4.38. The van der Waals surface area contributed by atoms with Crippen LogP contribution in [0.4, 0.5) is 5.69 Å². The van der Waals surface area contributed by atoms with Gasteiger partial charge < -0.3 is 5.11 Å². The third-order valence-corrected chi connectivity index (χ3v) is 5.72. The molecule has 10 heteroatoms. The largest absolute Gasteiger partial charge is 0.505 e. The molecule has 0 fully saturated rings. The van der Waals surface area contributed by atoms with Gasteiger partial charge in [0.15, 0.2) is 0 Å². The topological polar surface area (TPSA) is 107 Å². The second-order valence-corrected chi connectivity index (χ2v) is 8.02. The van der Waals surface area contributed by atoms with E-state index in [1.165, 1.54) is 10.4 Å². The number of nitrogens with zero attached hydrogens (tertiary/aromatic N) is 1. The lowest BCUT2D eigenvalue weighted by atomic mass is 10.3. The normalized spacial score (nSPS) is 13.3. The number of rotatable bonds is 8. The van der Waals surface area contributed by atoms with Crippen LogP contribution in [0.25, 0.3) is 0 Å². The van der Waals surface area contributed by atoms with E-state index in [9.17, 15) is 17.7 Å². The van der Waals surface area contributed by atoms with Crippen molar-refractivity contribution in [1.29, 1.82) is 0 Å². The zero-order valence-corrected chi connectivity index (χ0v) is 15.5. The van der Waals surface area contributed by atoms with Gasteiger partial charge in [0.25, 0.3) is 11.3 Å². The maximum Gasteiger partial charge on any atom is 0.259 e. The highest BCUT2D eigenvalue weighted by atomic mass is 79.9. The summed E-state index contributed by atoms with van der Waals surface area (Å²) in [6.07, 6.45) is 1.28. The number of anilines is 1. The van der Waals surface area contributed by atoms with Gasteiger partial charge in [-0.15, -0.1) is 0 Å². The first-order valence-electron chi connectivity index (χ1n) is 6.64. The fourth-order valence-corrected chi connectivity index (χ4v) is 4.59. The third-order valence-electron chi connectivity index (χ3n) is 2.80. The fraction of sp³-hybridized carbons (Fsp3) is 0.500. The van der Waals surface area contributed by atoms with Crippen molar-refractivity contribution in [2.75, 3.05) is 17.8 Å². The highest BCUT2D eigenvalue weighted by molar-refractivity contribution is 9.10. The number of aromatic hydroxyl groups is 1. The van der Waals surface area contributed by atoms with Crippen LogP contribution in [0.15, 0.2) is 21.5 Å². The van der Waals surface area contributed by atoms with Gasteiger partial charge in [-0.1, -0.05) is 13.8 Å². The summed E-state index contributed by atoms with van der Waals surface area (Å²) in [5.41, 5.74) is 0.108. The number of phenolic OH excluding ortho intramolecular Hbond substituents is 1. The molecule has 126 valence electrons. The van der Waals surface area contributed by atoms with E-state index in [0.717, 1.165) is 6.07 Å². The van der Waals surface area contributed by atoms with E-state index >= 15 is 0 Å². The quantitative estimate of drug-likeness (QED) is 0.447. The van der Waals surface area contributed by atoms with E-state index < -0.39 is 27.0 Å². The smallest absolute Gasteiger partial charge is 0.259 e. The van der Waals surface area contributed by atoms with E-state index in [0.29, 0.717) is 25.9 Å². The minimum absolute atomic E-state index is 0.108. The maximum absolute atomic E-state index is 12.7. The van der Waals surface area contributed by atoms with Crippen LogP contribution in [0.1, 0.15) is 26.7 Å². The number of hydrogen-bond acceptors (Lipinski definition) is 4.